The third-order valence-electron chi connectivity index (χ3n) is 2.93. The summed E-state index contributed by atoms with van der Waals surface area (Å²) in [6.45, 7) is 1.16. The summed E-state index contributed by atoms with van der Waals surface area (Å²) in [6, 6.07) is 2.81. The van der Waals surface area contributed by atoms with Crippen LogP contribution in [0.1, 0.15) is 10.5 Å². The van der Waals surface area contributed by atoms with Crippen LogP contribution in [0.2, 0.25) is 0 Å². The van der Waals surface area contributed by atoms with E-state index in [4.69, 9.17) is 0 Å². The largest absolute Gasteiger partial charge is 0.354 e. The Balaban J connectivity index is 1.80. The molecule has 23 heavy (non-hydrogen) atoms. The van der Waals surface area contributed by atoms with E-state index in [-0.39, 0.29) is 23.8 Å². The molecule has 0 atom stereocenters. The van der Waals surface area contributed by atoms with Crippen molar-refractivity contribution < 1.29 is 9.59 Å². The van der Waals surface area contributed by atoms with Crippen molar-refractivity contribution in [3.63, 3.8) is 0 Å². The van der Waals surface area contributed by atoms with E-state index in [2.05, 4.69) is 31.2 Å². The summed E-state index contributed by atoms with van der Waals surface area (Å²) in [5.74, 6) is -0.767. The first-order chi connectivity index (χ1) is 11.1. The van der Waals surface area contributed by atoms with Crippen molar-refractivity contribution in [2.24, 2.45) is 0 Å². The Hall–Kier alpha value is -3.01. The Morgan fingerprint density at radius 1 is 1.35 bits per heavy atom. The maximum Gasteiger partial charge on any atom is 0.272 e. The van der Waals surface area contributed by atoms with Crippen LogP contribution in [0.25, 0.3) is 0 Å². The monoisotopic (exact) mass is 319 g/mol. The first-order valence-electron chi connectivity index (χ1n) is 6.90. The van der Waals surface area contributed by atoms with Crippen molar-refractivity contribution in [3.8, 4) is 0 Å². The smallest absolute Gasteiger partial charge is 0.272 e. The average molecular weight is 319 g/mol. The standard InChI is InChI=1S/C13H17N7O3/c1-14-12(22)9-2-3-10(13(23)18-9)17-11(21)8-15-4-6-20-7-5-16-19-20/h2-3,5,7,15H,4,6,8H2,1H3,(H,14,22)(H,17,21)(H,18,23). The number of nitrogens with zero attached hydrogens (tertiary/aromatic N) is 3. The van der Waals surface area contributed by atoms with Crippen molar-refractivity contribution in [3.05, 3.63) is 40.6 Å². The Kier molecular flexibility index (Phi) is 5.58. The van der Waals surface area contributed by atoms with E-state index >= 15 is 0 Å². The van der Waals surface area contributed by atoms with Crippen molar-refractivity contribution in [2.45, 2.75) is 6.54 Å². The van der Waals surface area contributed by atoms with Gasteiger partial charge in [-0.25, -0.2) is 0 Å². The number of hydrogen-bond acceptors (Lipinski definition) is 6. The molecule has 4 N–H and O–H groups in total. The fourth-order valence-electron chi connectivity index (χ4n) is 1.78. The van der Waals surface area contributed by atoms with Crippen LogP contribution in [0.3, 0.4) is 0 Å². The van der Waals surface area contributed by atoms with Crippen molar-refractivity contribution >= 4 is 17.5 Å². The van der Waals surface area contributed by atoms with Crippen LogP contribution in [-0.2, 0) is 11.3 Å². The molecule has 0 aliphatic carbocycles. The summed E-state index contributed by atoms with van der Waals surface area (Å²) in [4.78, 5) is 37.3. The number of rotatable bonds is 7. The zero-order valence-corrected chi connectivity index (χ0v) is 12.5. The van der Waals surface area contributed by atoms with Gasteiger partial charge in [0.05, 0.1) is 19.3 Å². The van der Waals surface area contributed by atoms with Crippen LogP contribution in [0.15, 0.2) is 29.3 Å². The Morgan fingerprint density at radius 2 is 2.17 bits per heavy atom. The van der Waals surface area contributed by atoms with Gasteiger partial charge in [0, 0.05) is 19.8 Å². The molecule has 2 amide bonds. The van der Waals surface area contributed by atoms with E-state index in [0.29, 0.717) is 13.1 Å². The van der Waals surface area contributed by atoms with E-state index in [1.54, 1.807) is 17.1 Å². The average Bonchev–Trinajstić information content (AvgIpc) is 3.06. The highest BCUT2D eigenvalue weighted by Crippen LogP contribution is 2.00. The lowest BCUT2D eigenvalue weighted by atomic mass is 10.3. The number of hydrogen-bond donors (Lipinski definition) is 4. The van der Waals surface area contributed by atoms with Gasteiger partial charge in [-0.15, -0.1) is 5.10 Å². The van der Waals surface area contributed by atoms with Gasteiger partial charge in [0.2, 0.25) is 5.91 Å². The van der Waals surface area contributed by atoms with Crippen LogP contribution in [-0.4, -0.2) is 51.9 Å². The van der Waals surface area contributed by atoms with Gasteiger partial charge < -0.3 is 20.9 Å². The van der Waals surface area contributed by atoms with Gasteiger partial charge in [-0.2, -0.15) is 0 Å². The van der Waals surface area contributed by atoms with E-state index in [9.17, 15) is 14.4 Å². The predicted molar refractivity (Wildman–Crippen MR) is 82.0 cm³/mol. The van der Waals surface area contributed by atoms with Gasteiger partial charge in [-0.1, -0.05) is 5.21 Å². The lowest BCUT2D eigenvalue weighted by Gasteiger charge is -2.07. The molecule has 10 nitrogen and oxygen atoms in total. The number of amides is 2. The van der Waals surface area contributed by atoms with E-state index in [0.717, 1.165) is 0 Å². The van der Waals surface area contributed by atoms with Crippen LogP contribution in [0.4, 0.5) is 5.69 Å². The van der Waals surface area contributed by atoms with Gasteiger partial charge in [-0.3, -0.25) is 19.1 Å². The summed E-state index contributed by atoms with van der Waals surface area (Å²) >= 11 is 0. The molecular weight excluding hydrogens is 302 g/mol. The van der Waals surface area contributed by atoms with Crippen LogP contribution >= 0.6 is 0 Å². The summed E-state index contributed by atoms with van der Waals surface area (Å²) in [5.41, 5.74) is -0.329. The van der Waals surface area contributed by atoms with E-state index in [1.807, 2.05) is 0 Å². The number of carbonyl (C=O) groups excluding carboxylic acids is 2. The summed E-state index contributed by atoms with van der Waals surface area (Å²) in [7, 11) is 1.46. The van der Waals surface area contributed by atoms with E-state index < -0.39 is 11.5 Å². The topological polar surface area (TPSA) is 134 Å². The quantitative estimate of drug-likeness (QED) is 0.462. The number of pyridine rings is 1. The highest BCUT2D eigenvalue weighted by Gasteiger charge is 2.09. The SMILES string of the molecule is CNC(=O)c1ccc(NC(=O)CNCCn2ccnn2)c(=O)[nH]1. The van der Waals surface area contributed by atoms with Crippen molar-refractivity contribution in [1.82, 2.24) is 30.6 Å². The zero-order valence-electron chi connectivity index (χ0n) is 12.5. The molecule has 0 saturated heterocycles. The molecule has 0 aliphatic rings. The van der Waals surface area contributed by atoms with Crippen LogP contribution in [0.5, 0.6) is 0 Å². The van der Waals surface area contributed by atoms with Crippen LogP contribution in [0, 0.1) is 0 Å². The van der Waals surface area contributed by atoms with Crippen LogP contribution < -0.4 is 21.5 Å². The lowest BCUT2D eigenvalue weighted by molar-refractivity contribution is -0.115. The summed E-state index contributed by atoms with van der Waals surface area (Å²) in [6.07, 6.45) is 3.29. The molecule has 0 spiro atoms. The second-order valence-electron chi connectivity index (χ2n) is 4.59. The molecule has 10 heteroatoms. The molecule has 0 unspecified atom stereocenters. The molecule has 0 bridgehead atoms. The van der Waals surface area contributed by atoms with Crippen molar-refractivity contribution in [2.75, 3.05) is 25.5 Å². The maximum atomic E-state index is 11.8. The molecular formula is C13H17N7O3. The highest BCUT2D eigenvalue weighted by molar-refractivity contribution is 5.94. The fourth-order valence-corrected chi connectivity index (χ4v) is 1.78. The van der Waals surface area contributed by atoms with Gasteiger partial charge >= 0.3 is 0 Å². The van der Waals surface area contributed by atoms with Gasteiger partial charge in [0.25, 0.3) is 11.5 Å². The number of anilines is 1. The normalized spacial score (nSPS) is 10.3. The molecule has 2 aromatic rings. The summed E-state index contributed by atoms with van der Waals surface area (Å²) in [5, 5.41) is 15.3. The third kappa shape index (κ3) is 4.74. The first-order valence-corrected chi connectivity index (χ1v) is 6.90. The minimum Gasteiger partial charge on any atom is -0.354 e. The number of nitrogens with one attached hydrogen (secondary N) is 4. The third-order valence-corrected chi connectivity index (χ3v) is 2.93. The second kappa shape index (κ2) is 7.84. The fraction of sp³-hybridized carbons (Fsp3) is 0.308. The Bertz CT molecular complexity index is 723. The molecule has 0 aliphatic heterocycles. The maximum absolute atomic E-state index is 11.8. The Morgan fingerprint density at radius 3 is 2.83 bits per heavy atom. The number of aromatic amines is 1. The zero-order chi connectivity index (χ0) is 16.7. The van der Waals surface area contributed by atoms with E-state index in [1.165, 1.54) is 19.2 Å². The number of carbonyl (C=O) groups is 2. The molecule has 2 heterocycles. The van der Waals surface area contributed by atoms with Gasteiger partial charge in [0.1, 0.15) is 11.4 Å². The molecule has 2 aromatic heterocycles. The lowest BCUT2D eigenvalue weighted by Crippen LogP contribution is -2.32. The minimum atomic E-state index is -0.540. The summed E-state index contributed by atoms with van der Waals surface area (Å²) < 4.78 is 1.63. The highest BCUT2D eigenvalue weighted by atomic mass is 16.2. The van der Waals surface area contributed by atoms with Crippen molar-refractivity contribution in [1.29, 1.82) is 0 Å². The molecule has 0 aromatic carbocycles. The first kappa shape index (κ1) is 16.4. The molecule has 0 radical (unpaired) electrons. The predicted octanol–water partition coefficient (Wildman–Crippen LogP) is -1.45. The van der Waals surface area contributed by atoms with Gasteiger partial charge in [-0.05, 0) is 12.1 Å². The minimum absolute atomic E-state index is 0.0470. The molecule has 0 saturated carbocycles. The molecule has 122 valence electrons. The Labute approximate surface area is 131 Å². The van der Waals surface area contributed by atoms with Gasteiger partial charge in [0.15, 0.2) is 0 Å². The molecule has 0 fully saturated rings. The number of H-pyrrole nitrogens is 1. The second-order valence-corrected chi connectivity index (χ2v) is 4.59. The number of aromatic nitrogens is 4. The molecule has 2 rings (SSSR count).